The molecular formula is C8H16N2O3. The maximum absolute atomic E-state index is 10.9. The highest BCUT2D eigenvalue weighted by Crippen LogP contribution is 2.00. The average Bonchev–Trinajstić information content (AvgIpc) is 2.04. The van der Waals surface area contributed by atoms with Crippen molar-refractivity contribution in [1.82, 2.24) is 5.32 Å². The lowest BCUT2D eigenvalue weighted by Crippen LogP contribution is -2.50. The molecule has 0 fully saturated rings. The maximum Gasteiger partial charge on any atom is 0.235 e. The minimum atomic E-state index is -0.789. The first-order valence-electron chi connectivity index (χ1n) is 4.14. The van der Waals surface area contributed by atoms with E-state index < -0.39 is 17.9 Å². The number of carbonyl (C=O) groups is 2. The summed E-state index contributed by atoms with van der Waals surface area (Å²) in [5, 5.41) is 11.6. The van der Waals surface area contributed by atoms with Crippen molar-refractivity contribution >= 4 is 12.2 Å². The summed E-state index contributed by atoms with van der Waals surface area (Å²) in [6.07, 6.45) is 0.533. The van der Waals surface area contributed by atoms with Gasteiger partial charge in [-0.2, -0.15) is 0 Å². The van der Waals surface area contributed by atoms with Crippen LogP contribution in [-0.4, -0.2) is 36.0 Å². The Morgan fingerprint density at radius 1 is 1.62 bits per heavy atom. The van der Waals surface area contributed by atoms with Gasteiger partial charge in [-0.1, -0.05) is 13.8 Å². The van der Waals surface area contributed by atoms with Gasteiger partial charge in [0.1, 0.15) is 6.29 Å². The number of carbonyl (C=O) groups excluding carboxylic acids is 2. The minimum absolute atomic E-state index is 0.0338. The Balaban J connectivity index is 4.38. The zero-order valence-corrected chi connectivity index (χ0v) is 7.86. The second kappa shape index (κ2) is 5.66. The Labute approximate surface area is 77.3 Å². The summed E-state index contributed by atoms with van der Waals surface area (Å²) >= 11 is 0. The van der Waals surface area contributed by atoms with Crippen molar-refractivity contribution in [2.24, 2.45) is 11.7 Å². The van der Waals surface area contributed by atoms with Gasteiger partial charge in [0.05, 0.1) is 18.6 Å². The third-order valence-corrected chi connectivity index (χ3v) is 1.63. The largest absolute Gasteiger partial charge is 0.396 e. The summed E-state index contributed by atoms with van der Waals surface area (Å²) in [7, 11) is 0. The quantitative estimate of drug-likeness (QED) is 0.449. The molecule has 2 atom stereocenters. The molecule has 0 bridgehead atoms. The van der Waals surface area contributed by atoms with Gasteiger partial charge >= 0.3 is 0 Å². The molecule has 0 rings (SSSR count). The first kappa shape index (κ1) is 12.1. The third kappa shape index (κ3) is 4.00. The van der Waals surface area contributed by atoms with Gasteiger partial charge in [-0.3, -0.25) is 4.79 Å². The van der Waals surface area contributed by atoms with Gasteiger partial charge in [0.2, 0.25) is 5.91 Å². The summed E-state index contributed by atoms with van der Waals surface area (Å²) in [6.45, 7) is 3.28. The van der Waals surface area contributed by atoms with Crippen molar-refractivity contribution in [3.8, 4) is 0 Å². The van der Waals surface area contributed by atoms with Crippen molar-refractivity contribution < 1.29 is 14.7 Å². The zero-order valence-electron chi connectivity index (χ0n) is 7.86. The monoisotopic (exact) mass is 188 g/mol. The normalized spacial score (nSPS) is 15.4. The molecule has 2 unspecified atom stereocenters. The lowest BCUT2D eigenvalue weighted by Gasteiger charge is -2.21. The average molecular weight is 188 g/mol. The summed E-state index contributed by atoms with van der Waals surface area (Å²) in [5.74, 6) is -1.39. The van der Waals surface area contributed by atoms with Gasteiger partial charge in [-0.15, -0.1) is 0 Å². The zero-order chi connectivity index (χ0) is 10.4. The Morgan fingerprint density at radius 3 is 2.38 bits per heavy atom. The molecule has 13 heavy (non-hydrogen) atoms. The van der Waals surface area contributed by atoms with Crippen LogP contribution in [0.1, 0.15) is 13.8 Å². The first-order valence-corrected chi connectivity index (χ1v) is 4.14. The van der Waals surface area contributed by atoms with Crippen LogP contribution >= 0.6 is 0 Å². The number of aldehydes is 1. The molecule has 5 heteroatoms. The second-order valence-electron chi connectivity index (χ2n) is 3.18. The summed E-state index contributed by atoms with van der Waals surface area (Å²) in [6, 6.07) is -0.756. The van der Waals surface area contributed by atoms with Gasteiger partial charge in [0, 0.05) is 6.04 Å². The molecule has 0 radical (unpaired) electrons. The number of hydrogen-bond acceptors (Lipinski definition) is 4. The first-order chi connectivity index (χ1) is 6.02. The van der Waals surface area contributed by atoms with Crippen molar-refractivity contribution in [3.63, 3.8) is 0 Å². The molecule has 0 spiro atoms. The molecule has 0 aromatic heterocycles. The van der Waals surface area contributed by atoms with Gasteiger partial charge < -0.3 is 21.0 Å². The van der Waals surface area contributed by atoms with Crippen LogP contribution in [0.5, 0.6) is 0 Å². The fourth-order valence-electron chi connectivity index (χ4n) is 1.00. The van der Waals surface area contributed by atoms with Crippen LogP contribution in [0, 0.1) is 5.92 Å². The molecule has 0 aliphatic rings. The highest BCUT2D eigenvalue weighted by atomic mass is 16.3. The standard InChI is InChI=1S/C8H16N2O3/c1-5(2)10-7(8(9)13)6(3-11)4-12/h3,5-7,10,12H,4H2,1-2H3,(H2,9,13). The van der Waals surface area contributed by atoms with Gasteiger partial charge in [-0.25, -0.2) is 0 Å². The Kier molecular flexibility index (Phi) is 5.25. The van der Waals surface area contributed by atoms with E-state index >= 15 is 0 Å². The third-order valence-electron chi connectivity index (χ3n) is 1.63. The van der Waals surface area contributed by atoms with E-state index in [0.29, 0.717) is 6.29 Å². The predicted octanol–water partition coefficient (Wildman–Crippen LogP) is -1.35. The van der Waals surface area contributed by atoms with Crippen LogP contribution in [0.3, 0.4) is 0 Å². The summed E-state index contributed by atoms with van der Waals surface area (Å²) < 4.78 is 0. The number of hydrogen-bond donors (Lipinski definition) is 3. The van der Waals surface area contributed by atoms with E-state index in [1.54, 1.807) is 0 Å². The minimum Gasteiger partial charge on any atom is -0.396 e. The van der Waals surface area contributed by atoms with Crippen LogP contribution in [0.2, 0.25) is 0 Å². The van der Waals surface area contributed by atoms with Crippen molar-refractivity contribution in [2.75, 3.05) is 6.61 Å². The molecule has 4 N–H and O–H groups in total. The predicted molar refractivity (Wildman–Crippen MR) is 47.9 cm³/mol. The number of aliphatic hydroxyl groups excluding tert-OH is 1. The fraction of sp³-hybridized carbons (Fsp3) is 0.750. The molecule has 5 nitrogen and oxygen atoms in total. The smallest absolute Gasteiger partial charge is 0.235 e. The highest BCUT2D eigenvalue weighted by molar-refractivity contribution is 5.83. The Morgan fingerprint density at radius 2 is 2.15 bits per heavy atom. The number of nitrogens with one attached hydrogen (secondary N) is 1. The van der Waals surface area contributed by atoms with Gasteiger partial charge in [0.15, 0.2) is 0 Å². The summed E-state index contributed by atoms with van der Waals surface area (Å²) in [5.41, 5.74) is 5.07. The molecule has 0 saturated carbocycles. The van der Waals surface area contributed by atoms with Gasteiger partial charge in [0.25, 0.3) is 0 Å². The number of aliphatic hydroxyl groups is 1. The lowest BCUT2D eigenvalue weighted by molar-refractivity contribution is -0.125. The van der Waals surface area contributed by atoms with E-state index in [1.165, 1.54) is 0 Å². The molecule has 0 aromatic rings. The van der Waals surface area contributed by atoms with Crippen molar-refractivity contribution in [3.05, 3.63) is 0 Å². The van der Waals surface area contributed by atoms with E-state index in [-0.39, 0.29) is 12.6 Å². The van der Waals surface area contributed by atoms with Crippen molar-refractivity contribution in [2.45, 2.75) is 25.9 Å². The molecule has 0 aliphatic carbocycles. The fourth-order valence-corrected chi connectivity index (χ4v) is 1.00. The highest BCUT2D eigenvalue weighted by Gasteiger charge is 2.25. The van der Waals surface area contributed by atoms with Crippen LogP contribution in [0.15, 0.2) is 0 Å². The van der Waals surface area contributed by atoms with E-state index in [0.717, 1.165) is 0 Å². The van der Waals surface area contributed by atoms with Crippen LogP contribution in [0.25, 0.3) is 0 Å². The molecule has 0 heterocycles. The lowest BCUT2D eigenvalue weighted by atomic mass is 10.0. The van der Waals surface area contributed by atoms with Crippen LogP contribution in [0.4, 0.5) is 0 Å². The molecule has 0 aliphatic heterocycles. The van der Waals surface area contributed by atoms with Crippen LogP contribution < -0.4 is 11.1 Å². The SMILES string of the molecule is CC(C)NC(C(N)=O)C(C=O)CO. The number of nitrogens with two attached hydrogens (primary N) is 1. The molecular weight excluding hydrogens is 172 g/mol. The number of amides is 1. The molecule has 0 aromatic carbocycles. The Bertz CT molecular complexity index is 182. The summed E-state index contributed by atoms with van der Waals surface area (Å²) in [4.78, 5) is 21.3. The topological polar surface area (TPSA) is 92.4 Å². The van der Waals surface area contributed by atoms with Crippen molar-refractivity contribution in [1.29, 1.82) is 0 Å². The maximum atomic E-state index is 10.9. The second-order valence-corrected chi connectivity index (χ2v) is 3.18. The molecule has 1 amide bonds. The Hall–Kier alpha value is -0.940. The number of rotatable bonds is 6. The van der Waals surface area contributed by atoms with E-state index in [9.17, 15) is 9.59 Å². The van der Waals surface area contributed by atoms with Crippen LogP contribution in [-0.2, 0) is 9.59 Å². The van der Waals surface area contributed by atoms with Gasteiger partial charge in [-0.05, 0) is 0 Å². The van der Waals surface area contributed by atoms with E-state index in [4.69, 9.17) is 10.8 Å². The molecule has 76 valence electrons. The van der Waals surface area contributed by atoms with E-state index in [1.807, 2.05) is 13.8 Å². The molecule has 0 saturated heterocycles. The van der Waals surface area contributed by atoms with E-state index in [2.05, 4.69) is 5.32 Å². The number of primary amides is 1.